The zero-order chi connectivity index (χ0) is 9.42. The third-order valence-electron chi connectivity index (χ3n) is 2.44. The van der Waals surface area contributed by atoms with E-state index in [-0.39, 0.29) is 0 Å². The van der Waals surface area contributed by atoms with E-state index >= 15 is 0 Å². The summed E-state index contributed by atoms with van der Waals surface area (Å²) in [7, 11) is 1.56. The predicted octanol–water partition coefficient (Wildman–Crippen LogP) is 0.0848. The second-order valence-corrected chi connectivity index (χ2v) is 3.14. The normalized spacial score (nSPS) is 18.7. The van der Waals surface area contributed by atoms with Crippen LogP contribution in [0.3, 0.4) is 0 Å². The molecule has 3 nitrogen and oxygen atoms in total. The number of carboxylic acids is 1. The summed E-state index contributed by atoms with van der Waals surface area (Å²) in [6, 6.07) is 5.50. The van der Waals surface area contributed by atoms with Crippen LogP contribution in [0.25, 0.3) is 0 Å². The van der Waals surface area contributed by atoms with Crippen molar-refractivity contribution in [2.24, 2.45) is 0 Å². The maximum atomic E-state index is 10.6. The Balaban J connectivity index is 2.34. The molecule has 0 aromatic heterocycles. The fourth-order valence-electron chi connectivity index (χ4n) is 1.62. The minimum Gasteiger partial charge on any atom is -0.549 e. The van der Waals surface area contributed by atoms with Crippen LogP contribution in [-0.2, 0) is 11.2 Å². The second kappa shape index (κ2) is 2.76. The second-order valence-electron chi connectivity index (χ2n) is 3.14. The number of fused-ring (bicyclic) bond motifs is 1. The van der Waals surface area contributed by atoms with Crippen LogP contribution in [0.5, 0.6) is 5.75 Å². The van der Waals surface area contributed by atoms with Gasteiger partial charge in [-0.15, -0.1) is 0 Å². The van der Waals surface area contributed by atoms with E-state index in [9.17, 15) is 9.90 Å². The van der Waals surface area contributed by atoms with Crippen LogP contribution >= 0.6 is 0 Å². The standard InChI is InChI=1S/C10H10O3/c1-13-7-3-2-6-4-9(10(11)12)8(6)5-7/h2-3,5,9H,4H2,1H3,(H,11,12)/p-1/t9-/m0/s1. The van der Waals surface area contributed by atoms with Crippen molar-refractivity contribution >= 4 is 5.97 Å². The Morgan fingerprint density at radius 1 is 1.62 bits per heavy atom. The van der Waals surface area contributed by atoms with E-state index in [4.69, 9.17) is 4.74 Å². The zero-order valence-electron chi connectivity index (χ0n) is 7.24. The van der Waals surface area contributed by atoms with Gasteiger partial charge in [0.25, 0.3) is 0 Å². The monoisotopic (exact) mass is 177 g/mol. The summed E-state index contributed by atoms with van der Waals surface area (Å²) in [5.41, 5.74) is 1.91. The number of hydrogen-bond donors (Lipinski definition) is 0. The minimum absolute atomic E-state index is 0.440. The van der Waals surface area contributed by atoms with Gasteiger partial charge in [0, 0.05) is 11.9 Å². The van der Waals surface area contributed by atoms with E-state index in [1.807, 2.05) is 12.1 Å². The van der Waals surface area contributed by atoms with Crippen molar-refractivity contribution in [1.82, 2.24) is 0 Å². The van der Waals surface area contributed by atoms with Gasteiger partial charge in [0.2, 0.25) is 0 Å². The molecule has 1 atom stereocenters. The summed E-state index contributed by atoms with van der Waals surface area (Å²) in [5, 5.41) is 10.6. The van der Waals surface area contributed by atoms with Crippen molar-refractivity contribution < 1.29 is 14.6 Å². The lowest BCUT2D eigenvalue weighted by molar-refractivity contribution is -0.308. The number of rotatable bonds is 2. The number of methoxy groups -OCH3 is 1. The van der Waals surface area contributed by atoms with Gasteiger partial charge in [-0.3, -0.25) is 0 Å². The van der Waals surface area contributed by atoms with Crippen LogP contribution in [0.4, 0.5) is 0 Å². The highest BCUT2D eigenvalue weighted by molar-refractivity contribution is 5.78. The van der Waals surface area contributed by atoms with Crippen molar-refractivity contribution in [2.45, 2.75) is 12.3 Å². The maximum Gasteiger partial charge on any atom is 0.119 e. The molecule has 0 bridgehead atoms. The SMILES string of the molecule is COc1ccc2c(c1)[C@@H](C(=O)[O-])C2. The van der Waals surface area contributed by atoms with Gasteiger partial charge in [-0.05, 0) is 29.7 Å². The van der Waals surface area contributed by atoms with Crippen LogP contribution < -0.4 is 9.84 Å². The molecule has 0 radical (unpaired) electrons. The molecule has 3 heteroatoms. The topological polar surface area (TPSA) is 49.4 Å². The van der Waals surface area contributed by atoms with Crippen LogP contribution in [0.15, 0.2) is 18.2 Å². The Kier molecular flexibility index (Phi) is 1.72. The molecule has 68 valence electrons. The largest absolute Gasteiger partial charge is 0.549 e. The van der Waals surface area contributed by atoms with Crippen molar-refractivity contribution in [2.75, 3.05) is 7.11 Å². The smallest absolute Gasteiger partial charge is 0.119 e. The van der Waals surface area contributed by atoms with E-state index in [1.165, 1.54) is 0 Å². The van der Waals surface area contributed by atoms with Crippen LogP contribution in [0.2, 0.25) is 0 Å². The lowest BCUT2D eigenvalue weighted by Crippen LogP contribution is -2.36. The van der Waals surface area contributed by atoms with Gasteiger partial charge in [-0.25, -0.2) is 0 Å². The van der Waals surface area contributed by atoms with Crippen LogP contribution in [0, 0.1) is 0 Å². The van der Waals surface area contributed by atoms with Gasteiger partial charge >= 0.3 is 0 Å². The molecule has 0 saturated heterocycles. The summed E-state index contributed by atoms with van der Waals surface area (Å²) in [5.74, 6) is -0.740. The summed E-state index contributed by atoms with van der Waals surface area (Å²) in [4.78, 5) is 10.6. The summed E-state index contributed by atoms with van der Waals surface area (Å²) in [6.07, 6.45) is 0.585. The molecule has 0 aliphatic heterocycles. The summed E-state index contributed by atoms with van der Waals surface area (Å²) in [6.45, 7) is 0. The van der Waals surface area contributed by atoms with Crippen LogP contribution in [-0.4, -0.2) is 13.1 Å². The van der Waals surface area contributed by atoms with E-state index in [1.54, 1.807) is 13.2 Å². The molecule has 2 rings (SSSR count). The Labute approximate surface area is 76.0 Å². The highest BCUT2D eigenvalue weighted by atomic mass is 16.5. The predicted molar refractivity (Wildman–Crippen MR) is 44.4 cm³/mol. The highest BCUT2D eigenvalue weighted by Gasteiger charge is 2.27. The number of benzene rings is 1. The molecule has 0 saturated carbocycles. The fourth-order valence-corrected chi connectivity index (χ4v) is 1.62. The Morgan fingerprint density at radius 2 is 2.38 bits per heavy atom. The van der Waals surface area contributed by atoms with Gasteiger partial charge in [0.1, 0.15) is 5.75 Å². The molecule has 0 N–H and O–H groups in total. The van der Waals surface area contributed by atoms with Crippen LogP contribution in [0.1, 0.15) is 17.0 Å². The number of carboxylic acid groups (broad SMARTS) is 1. The molecular formula is C10H9O3-. The minimum atomic E-state index is -0.999. The average Bonchev–Trinajstić information content (AvgIpc) is 2.06. The fraction of sp³-hybridized carbons (Fsp3) is 0.300. The summed E-state index contributed by atoms with van der Waals surface area (Å²) >= 11 is 0. The van der Waals surface area contributed by atoms with Crippen molar-refractivity contribution in [3.8, 4) is 5.75 Å². The molecule has 0 unspecified atom stereocenters. The van der Waals surface area contributed by atoms with Gasteiger partial charge in [0.15, 0.2) is 0 Å². The molecular weight excluding hydrogens is 168 g/mol. The Hall–Kier alpha value is -1.51. The third-order valence-corrected chi connectivity index (χ3v) is 2.44. The average molecular weight is 177 g/mol. The Bertz CT molecular complexity index is 357. The molecule has 0 amide bonds. The molecule has 1 aliphatic rings. The molecule has 0 spiro atoms. The quantitative estimate of drug-likeness (QED) is 0.643. The lowest BCUT2D eigenvalue weighted by Gasteiger charge is -2.31. The maximum absolute atomic E-state index is 10.6. The number of hydrogen-bond acceptors (Lipinski definition) is 3. The molecule has 13 heavy (non-hydrogen) atoms. The third kappa shape index (κ3) is 1.16. The number of ether oxygens (including phenoxy) is 1. The first-order valence-electron chi connectivity index (χ1n) is 4.10. The van der Waals surface area contributed by atoms with Crippen molar-refractivity contribution in [3.05, 3.63) is 29.3 Å². The number of carbonyl (C=O) groups excluding carboxylic acids is 1. The van der Waals surface area contributed by atoms with E-state index in [0.717, 1.165) is 11.1 Å². The zero-order valence-corrected chi connectivity index (χ0v) is 7.24. The van der Waals surface area contributed by atoms with Gasteiger partial charge in [-0.1, -0.05) is 6.07 Å². The van der Waals surface area contributed by atoms with Gasteiger partial charge in [-0.2, -0.15) is 0 Å². The number of aliphatic carboxylic acids is 1. The van der Waals surface area contributed by atoms with Crippen molar-refractivity contribution in [3.63, 3.8) is 0 Å². The Morgan fingerprint density at radius 3 is 3.00 bits per heavy atom. The molecule has 0 fully saturated rings. The van der Waals surface area contributed by atoms with Gasteiger partial charge in [0.05, 0.1) is 7.11 Å². The van der Waals surface area contributed by atoms with Gasteiger partial charge < -0.3 is 14.6 Å². The highest BCUT2D eigenvalue weighted by Crippen LogP contribution is 2.36. The van der Waals surface area contributed by atoms with E-state index < -0.39 is 11.9 Å². The molecule has 1 aliphatic carbocycles. The first kappa shape index (κ1) is 8.10. The summed E-state index contributed by atoms with van der Waals surface area (Å²) < 4.78 is 5.00. The number of carbonyl (C=O) groups is 1. The molecule has 1 aromatic rings. The molecule has 1 aromatic carbocycles. The molecule has 0 heterocycles. The lowest BCUT2D eigenvalue weighted by atomic mass is 9.77. The first-order chi connectivity index (χ1) is 6.22. The van der Waals surface area contributed by atoms with Crippen molar-refractivity contribution in [1.29, 1.82) is 0 Å². The van der Waals surface area contributed by atoms with E-state index in [2.05, 4.69) is 0 Å². The van der Waals surface area contributed by atoms with E-state index in [0.29, 0.717) is 12.2 Å². The first-order valence-corrected chi connectivity index (χ1v) is 4.10.